The number of aliphatic carboxylic acids is 1. The molecule has 0 atom stereocenters. The van der Waals surface area contributed by atoms with Gasteiger partial charge in [-0.25, -0.2) is 0 Å². The Kier molecular flexibility index (Phi) is 3.08. The van der Waals surface area contributed by atoms with E-state index < -0.39 is 5.97 Å². The molecule has 0 amide bonds. The van der Waals surface area contributed by atoms with E-state index in [9.17, 15) is 4.79 Å². The van der Waals surface area contributed by atoms with Crippen molar-refractivity contribution >= 4 is 21.9 Å². The van der Waals surface area contributed by atoms with E-state index in [1.54, 1.807) is 10.9 Å². The molecule has 0 bridgehead atoms. The second-order valence-electron chi connectivity index (χ2n) is 3.07. The highest BCUT2D eigenvalue weighted by atomic mass is 79.9. The molecule has 0 aliphatic heterocycles. The second kappa shape index (κ2) is 3.91. The Morgan fingerprint density at radius 2 is 2.38 bits per heavy atom. The monoisotopic (exact) mass is 246 g/mol. The van der Waals surface area contributed by atoms with E-state index in [0.717, 1.165) is 4.47 Å². The maximum absolute atomic E-state index is 10.4. The standard InChI is InChI=1S/C8H11BrN2O2/c1-5(2)11-4-6(9)7(10-11)3-8(12)13/h4-5H,3H2,1-2H3,(H,12,13). The molecule has 1 aromatic rings. The van der Waals surface area contributed by atoms with Crippen LogP contribution in [0, 0.1) is 0 Å². The van der Waals surface area contributed by atoms with E-state index in [1.807, 2.05) is 13.8 Å². The average Bonchev–Trinajstić information content (AvgIpc) is 2.31. The Hall–Kier alpha value is -0.840. The van der Waals surface area contributed by atoms with Crippen molar-refractivity contribution in [2.24, 2.45) is 0 Å². The van der Waals surface area contributed by atoms with Gasteiger partial charge >= 0.3 is 5.97 Å². The summed E-state index contributed by atoms with van der Waals surface area (Å²) in [5, 5.41) is 12.7. The van der Waals surface area contributed by atoms with Gasteiger partial charge in [-0.3, -0.25) is 9.48 Å². The summed E-state index contributed by atoms with van der Waals surface area (Å²) < 4.78 is 2.49. The number of carboxylic acids is 1. The minimum Gasteiger partial charge on any atom is -0.481 e. The minimum absolute atomic E-state index is 0.0414. The normalized spacial score (nSPS) is 10.8. The molecule has 0 radical (unpaired) electrons. The number of carboxylic acid groups (broad SMARTS) is 1. The molecule has 72 valence electrons. The molecule has 0 aliphatic rings. The zero-order valence-corrected chi connectivity index (χ0v) is 9.08. The molecule has 1 rings (SSSR count). The zero-order chi connectivity index (χ0) is 10.0. The lowest BCUT2D eigenvalue weighted by Crippen LogP contribution is -2.05. The Morgan fingerprint density at radius 3 is 2.77 bits per heavy atom. The van der Waals surface area contributed by atoms with Crippen LogP contribution in [0.5, 0.6) is 0 Å². The van der Waals surface area contributed by atoms with Crippen LogP contribution >= 0.6 is 15.9 Å². The van der Waals surface area contributed by atoms with Crippen molar-refractivity contribution in [1.29, 1.82) is 0 Å². The van der Waals surface area contributed by atoms with Crippen LogP contribution in [-0.4, -0.2) is 20.9 Å². The molecule has 0 fully saturated rings. The molecule has 1 aromatic heterocycles. The first-order valence-corrected chi connectivity index (χ1v) is 4.75. The van der Waals surface area contributed by atoms with Crippen LogP contribution < -0.4 is 0 Å². The zero-order valence-electron chi connectivity index (χ0n) is 7.49. The quantitative estimate of drug-likeness (QED) is 0.886. The molecular weight excluding hydrogens is 236 g/mol. The molecule has 1 heterocycles. The maximum Gasteiger partial charge on any atom is 0.309 e. The molecule has 0 unspecified atom stereocenters. The van der Waals surface area contributed by atoms with E-state index in [1.165, 1.54) is 0 Å². The molecule has 1 N–H and O–H groups in total. The number of halogens is 1. The first-order chi connectivity index (χ1) is 6.00. The lowest BCUT2D eigenvalue weighted by atomic mass is 10.3. The fourth-order valence-electron chi connectivity index (χ4n) is 0.934. The average molecular weight is 247 g/mol. The summed E-state index contributed by atoms with van der Waals surface area (Å²) in [6.07, 6.45) is 1.75. The third-order valence-electron chi connectivity index (χ3n) is 1.61. The summed E-state index contributed by atoms with van der Waals surface area (Å²) >= 11 is 3.27. The topological polar surface area (TPSA) is 55.1 Å². The van der Waals surface area contributed by atoms with Crippen molar-refractivity contribution in [3.63, 3.8) is 0 Å². The van der Waals surface area contributed by atoms with Crippen LogP contribution in [0.4, 0.5) is 0 Å². The first-order valence-electron chi connectivity index (χ1n) is 3.96. The molecule has 5 heteroatoms. The summed E-state index contributed by atoms with van der Waals surface area (Å²) in [6.45, 7) is 3.98. The van der Waals surface area contributed by atoms with E-state index in [4.69, 9.17) is 5.11 Å². The summed E-state index contributed by atoms with van der Waals surface area (Å²) in [5.74, 6) is -0.866. The van der Waals surface area contributed by atoms with Crippen LogP contribution in [0.3, 0.4) is 0 Å². The molecule has 0 saturated heterocycles. The Bertz CT molecular complexity index is 320. The third kappa shape index (κ3) is 2.55. The van der Waals surface area contributed by atoms with Crippen molar-refractivity contribution in [2.75, 3.05) is 0 Å². The largest absolute Gasteiger partial charge is 0.481 e. The lowest BCUT2D eigenvalue weighted by Gasteiger charge is -2.02. The summed E-state index contributed by atoms with van der Waals surface area (Å²) in [7, 11) is 0. The van der Waals surface area contributed by atoms with Gasteiger partial charge in [0.25, 0.3) is 0 Å². The number of carbonyl (C=O) groups is 1. The number of nitrogens with zero attached hydrogens (tertiary/aromatic N) is 2. The molecule has 0 aromatic carbocycles. The van der Waals surface area contributed by atoms with Crippen molar-refractivity contribution in [1.82, 2.24) is 9.78 Å². The van der Waals surface area contributed by atoms with Gasteiger partial charge in [0.05, 0.1) is 16.6 Å². The van der Waals surface area contributed by atoms with Crippen LogP contribution in [-0.2, 0) is 11.2 Å². The number of rotatable bonds is 3. The van der Waals surface area contributed by atoms with Gasteiger partial charge in [0, 0.05) is 12.2 Å². The van der Waals surface area contributed by atoms with Gasteiger partial charge in [0.15, 0.2) is 0 Å². The molecular formula is C8H11BrN2O2. The fourth-order valence-corrected chi connectivity index (χ4v) is 1.36. The predicted octanol–water partition coefficient (Wildman–Crippen LogP) is 1.85. The van der Waals surface area contributed by atoms with Gasteiger partial charge < -0.3 is 5.11 Å². The van der Waals surface area contributed by atoms with Gasteiger partial charge in [-0.2, -0.15) is 5.10 Å². The second-order valence-corrected chi connectivity index (χ2v) is 3.92. The summed E-state index contributed by atoms with van der Waals surface area (Å²) in [6, 6.07) is 0.249. The van der Waals surface area contributed by atoms with Crippen LogP contribution in [0.15, 0.2) is 10.7 Å². The van der Waals surface area contributed by atoms with E-state index >= 15 is 0 Å². The summed E-state index contributed by atoms with van der Waals surface area (Å²) in [5.41, 5.74) is 0.571. The minimum atomic E-state index is -0.866. The van der Waals surface area contributed by atoms with E-state index in [0.29, 0.717) is 5.69 Å². The Balaban J connectivity index is 2.89. The lowest BCUT2D eigenvalue weighted by molar-refractivity contribution is -0.136. The van der Waals surface area contributed by atoms with Crippen molar-refractivity contribution < 1.29 is 9.90 Å². The smallest absolute Gasteiger partial charge is 0.309 e. The van der Waals surface area contributed by atoms with Gasteiger partial charge in [-0.15, -0.1) is 0 Å². The molecule has 4 nitrogen and oxygen atoms in total. The Morgan fingerprint density at radius 1 is 1.77 bits per heavy atom. The predicted molar refractivity (Wildman–Crippen MR) is 51.7 cm³/mol. The van der Waals surface area contributed by atoms with Crippen LogP contribution in [0.2, 0.25) is 0 Å². The molecule has 13 heavy (non-hydrogen) atoms. The van der Waals surface area contributed by atoms with Gasteiger partial charge in [0.2, 0.25) is 0 Å². The van der Waals surface area contributed by atoms with Crippen molar-refractivity contribution in [3.8, 4) is 0 Å². The van der Waals surface area contributed by atoms with Crippen LogP contribution in [0.1, 0.15) is 25.6 Å². The number of hydrogen-bond donors (Lipinski definition) is 1. The fraction of sp³-hybridized carbons (Fsp3) is 0.500. The number of aromatic nitrogens is 2. The van der Waals surface area contributed by atoms with Gasteiger partial charge in [-0.05, 0) is 29.8 Å². The highest BCUT2D eigenvalue weighted by molar-refractivity contribution is 9.10. The number of hydrogen-bond acceptors (Lipinski definition) is 2. The van der Waals surface area contributed by atoms with E-state index in [2.05, 4.69) is 21.0 Å². The van der Waals surface area contributed by atoms with Gasteiger partial charge in [-0.1, -0.05) is 0 Å². The Labute approximate surface area is 84.7 Å². The first kappa shape index (κ1) is 10.2. The highest BCUT2D eigenvalue weighted by Crippen LogP contribution is 2.17. The molecule has 0 spiro atoms. The van der Waals surface area contributed by atoms with E-state index in [-0.39, 0.29) is 12.5 Å². The summed E-state index contributed by atoms with van der Waals surface area (Å²) in [4.78, 5) is 10.4. The maximum atomic E-state index is 10.4. The highest BCUT2D eigenvalue weighted by Gasteiger charge is 2.11. The molecule has 0 aliphatic carbocycles. The van der Waals surface area contributed by atoms with Crippen molar-refractivity contribution in [2.45, 2.75) is 26.3 Å². The SMILES string of the molecule is CC(C)n1cc(Br)c(CC(=O)O)n1. The van der Waals surface area contributed by atoms with Crippen molar-refractivity contribution in [3.05, 3.63) is 16.4 Å². The molecule has 0 saturated carbocycles. The van der Waals surface area contributed by atoms with Crippen LogP contribution in [0.25, 0.3) is 0 Å². The third-order valence-corrected chi connectivity index (χ3v) is 2.27. The van der Waals surface area contributed by atoms with Gasteiger partial charge in [0.1, 0.15) is 0 Å².